The Hall–Kier alpha value is -8.73. The van der Waals surface area contributed by atoms with Gasteiger partial charge in [-0.15, -0.1) is 0 Å². The highest BCUT2D eigenvalue weighted by Gasteiger charge is 2.34. The third-order valence-electron chi connectivity index (χ3n) is 15.8. The van der Waals surface area contributed by atoms with E-state index in [-0.39, 0.29) is 29.7 Å². The summed E-state index contributed by atoms with van der Waals surface area (Å²) in [5, 5.41) is 2.10. The van der Waals surface area contributed by atoms with Crippen LogP contribution in [0.2, 0.25) is 0 Å². The van der Waals surface area contributed by atoms with Crippen molar-refractivity contribution in [3.63, 3.8) is 0 Å². The van der Waals surface area contributed by atoms with Gasteiger partial charge in [-0.3, -0.25) is 19.2 Å². The Kier molecular flexibility index (Phi) is 25.6. The van der Waals surface area contributed by atoms with Gasteiger partial charge < -0.3 is 47.4 Å². The van der Waals surface area contributed by atoms with Crippen molar-refractivity contribution in [2.75, 3.05) is 33.0 Å². The van der Waals surface area contributed by atoms with E-state index in [1.165, 1.54) is 0 Å². The van der Waals surface area contributed by atoms with Crippen LogP contribution in [-0.2, 0) is 38.2 Å². The van der Waals surface area contributed by atoms with Gasteiger partial charge in [0.2, 0.25) is 5.88 Å². The summed E-state index contributed by atoms with van der Waals surface area (Å²) in [4.78, 5) is 81.2. The van der Waals surface area contributed by atoms with Crippen LogP contribution >= 0.6 is 0 Å². The van der Waals surface area contributed by atoms with E-state index in [4.69, 9.17) is 52.4 Å². The molecule has 6 aromatic rings. The lowest BCUT2D eigenvalue weighted by atomic mass is 9.82. The largest absolute Gasteiger partial charge is 0.494 e. The molecule has 2 fully saturated rings. The number of unbranched alkanes of at least 4 members (excludes halogenated alkanes) is 9. The maximum atomic E-state index is 13.8. The van der Waals surface area contributed by atoms with E-state index >= 15 is 0 Å². The minimum absolute atomic E-state index is 0.243. The van der Waals surface area contributed by atoms with Crippen LogP contribution < -0.4 is 37.9 Å². The molecule has 0 unspecified atom stereocenters. The lowest BCUT2D eigenvalue weighted by Crippen LogP contribution is -2.30. The minimum Gasteiger partial charge on any atom is -0.494 e. The van der Waals surface area contributed by atoms with Crippen molar-refractivity contribution in [1.82, 2.24) is 4.98 Å². The minimum atomic E-state index is -0.421. The highest BCUT2D eigenvalue weighted by Crippen LogP contribution is 2.39. The molecule has 0 atom stereocenters. The average Bonchev–Trinajstić information content (AvgIpc) is 1.08. The molecule has 0 aliphatic heterocycles. The van der Waals surface area contributed by atoms with Crippen LogP contribution in [0.15, 0.2) is 135 Å². The molecule has 466 valence electrons. The van der Waals surface area contributed by atoms with Gasteiger partial charge in [0.25, 0.3) is 0 Å². The second kappa shape index (κ2) is 34.6. The molecule has 8 rings (SSSR count). The number of carbonyl (C=O) groups excluding carboxylic acids is 6. The number of carbonyl (C=O) groups is 6. The maximum absolute atomic E-state index is 13.8. The van der Waals surface area contributed by atoms with E-state index in [0.29, 0.717) is 136 Å². The van der Waals surface area contributed by atoms with Crippen LogP contribution in [0.25, 0.3) is 21.7 Å². The number of benzene rings is 5. The first-order valence-corrected chi connectivity index (χ1v) is 31.1. The van der Waals surface area contributed by atoms with Crippen LogP contribution in [-0.4, -0.2) is 73.8 Å². The van der Waals surface area contributed by atoms with E-state index < -0.39 is 35.7 Å². The highest BCUT2D eigenvalue weighted by atomic mass is 16.6. The Labute approximate surface area is 514 Å². The lowest BCUT2D eigenvalue weighted by Gasteiger charge is -2.26. The second-order valence-electron chi connectivity index (χ2n) is 22.3. The molecular weight excluding hydrogens is 1120 g/mol. The lowest BCUT2D eigenvalue weighted by molar-refractivity contribution is -0.145. The molecule has 17 heteroatoms. The van der Waals surface area contributed by atoms with Gasteiger partial charge >= 0.3 is 35.8 Å². The molecule has 88 heavy (non-hydrogen) atoms. The number of pyridine rings is 1. The monoisotopic (exact) mass is 1200 g/mol. The van der Waals surface area contributed by atoms with Crippen molar-refractivity contribution in [1.29, 1.82) is 0 Å². The Morgan fingerprint density at radius 2 is 0.716 bits per heavy atom. The molecular formula is C71H81NO16. The summed E-state index contributed by atoms with van der Waals surface area (Å²) in [6.45, 7) is 11.4. The Morgan fingerprint density at radius 3 is 1.11 bits per heavy atom. The smallest absolute Gasteiger partial charge is 0.330 e. The summed E-state index contributed by atoms with van der Waals surface area (Å²) in [7, 11) is 0. The molecule has 2 aliphatic carbocycles. The van der Waals surface area contributed by atoms with Crippen molar-refractivity contribution >= 4 is 57.5 Å². The van der Waals surface area contributed by atoms with Gasteiger partial charge in [-0.25, -0.2) is 14.6 Å². The standard InChI is InChI=1S/C71H81NO16/c1-4-7-8-13-42-79-53-26-32-56(33-27-53)84-67-63-47-59(87-70(77)51-22-18-49(19-23-51)68(75)85-57-34-28-54(29-35-57)80-43-14-9-11-16-45-82-65(73)5-2)38-40-61(63)62-41-39-60(48-64(62)72-67)88-71(78)52-24-20-50(21-25-52)69(76)86-58-36-30-55(31-37-58)81-44-15-10-12-17-46-83-66(74)6-3/h5-6,26-41,47-52H,2-4,7-25,42-46H2,1H3. The number of aromatic nitrogens is 1. The highest BCUT2D eigenvalue weighted by molar-refractivity contribution is 6.09. The molecule has 17 nitrogen and oxygen atoms in total. The van der Waals surface area contributed by atoms with E-state index in [1.807, 2.05) is 36.4 Å². The molecule has 0 saturated heterocycles. The number of rotatable bonds is 34. The molecule has 0 N–H and O–H groups in total. The zero-order valence-electron chi connectivity index (χ0n) is 50.4. The van der Waals surface area contributed by atoms with Gasteiger partial charge in [0, 0.05) is 29.0 Å². The van der Waals surface area contributed by atoms with E-state index in [9.17, 15) is 28.8 Å². The summed E-state index contributed by atoms with van der Waals surface area (Å²) >= 11 is 0. The van der Waals surface area contributed by atoms with Crippen LogP contribution in [0.4, 0.5) is 0 Å². The van der Waals surface area contributed by atoms with E-state index in [0.717, 1.165) is 106 Å². The molecule has 0 spiro atoms. The molecule has 5 aromatic carbocycles. The molecule has 1 heterocycles. The Bertz CT molecular complexity index is 3270. The summed E-state index contributed by atoms with van der Waals surface area (Å²) in [5.74, 6) is 0.405. The molecule has 1 aromatic heterocycles. The molecule has 2 aliphatic rings. The predicted molar refractivity (Wildman–Crippen MR) is 332 cm³/mol. The number of nitrogens with zero attached hydrogens (tertiary/aromatic N) is 1. The maximum Gasteiger partial charge on any atom is 0.330 e. The molecule has 0 bridgehead atoms. The van der Waals surface area contributed by atoms with Gasteiger partial charge in [0.15, 0.2) is 0 Å². The first kappa shape index (κ1) is 65.2. The topological polar surface area (TPSA) is 208 Å². The first-order valence-electron chi connectivity index (χ1n) is 31.1. The van der Waals surface area contributed by atoms with Crippen LogP contribution in [0.1, 0.15) is 135 Å². The Morgan fingerprint density at radius 1 is 0.386 bits per heavy atom. The normalized spacial score (nSPS) is 16.3. The zero-order chi connectivity index (χ0) is 61.9. The summed E-state index contributed by atoms with van der Waals surface area (Å²) in [6.07, 6.45) is 17.4. The molecule has 0 amide bonds. The van der Waals surface area contributed by atoms with Gasteiger partial charge in [-0.2, -0.15) is 0 Å². The summed E-state index contributed by atoms with van der Waals surface area (Å²) < 4.78 is 57.7. The van der Waals surface area contributed by atoms with Crippen molar-refractivity contribution < 1.29 is 76.1 Å². The number of esters is 6. The van der Waals surface area contributed by atoms with Gasteiger partial charge in [0.05, 0.1) is 62.2 Å². The fourth-order valence-corrected chi connectivity index (χ4v) is 10.7. The number of hydrogen-bond acceptors (Lipinski definition) is 17. The first-order chi connectivity index (χ1) is 42.9. The SMILES string of the molecule is C=CC(=O)OCCCCCCOc1ccc(OC(=O)C2CCC(C(=O)Oc3ccc4c(c3)nc(Oc3ccc(OCCCCCC)cc3)c3cc(OC(=O)C5CCC(C(=O)Oc6ccc(OCCCCCCOC(=O)C=C)cc6)CC5)ccc34)CC2)cc1. The number of ether oxygens (including phenoxy) is 10. The van der Waals surface area contributed by atoms with Gasteiger partial charge in [-0.1, -0.05) is 39.3 Å². The average molecular weight is 1200 g/mol. The fourth-order valence-electron chi connectivity index (χ4n) is 10.7. The molecule has 2 saturated carbocycles. The second-order valence-corrected chi connectivity index (χ2v) is 22.3. The van der Waals surface area contributed by atoms with Crippen LogP contribution in [0.3, 0.4) is 0 Å². The van der Waals surface area contributed by atoms with Crippen molar-refractivity contribution in [3.8, 4) is 51.9 Å². The number of fused-ring (bicyclic) bond motifs is 3. The van der Waals surface area contributed by atoms with Gasteiger partial charge in [0.1, 0.15) is 46.0 Å². The zero-order valence-corrected chi connectivity index (χ0v) is 50.4. The number of hydrogen-bond donors (Lipinski definition) is 0. The predicted octanol–water partition coefficient (Wildman–Crippen LogP) is 15.1. The third-order valence-corrected chi connectivity index (χ3v) is 15.8. The van der Waals surface area contributed by atoms with Crippen LogP contribution in [0.5, 0.6) is 51.9 Å². The fraction of sp³-hybridized carbons (Fsp3) is 0.423. The van der Waals surface area contributed by atoms with Crippen molar-refractivity contribution in [2.45, 2.75) is 135 Å². The summed E-state index contributed by atoms with van der Waals surface area (Å²) in [6, 6.07) is 31.8. The molecule has 0 radical (unpaired) electrons. The quantitative estimate of drug-likeness (QED) is 0.0121. The summed E-state index contributed by atoms with van der Waals surface area (Å²) in [5.41, 5.74) is 0.510. The van der Waals surface area contributed by atoms with Crippen LogP contribution in [0, 0.1) is 23.7 Å². The third kappa shape index (κ3) is 20.4. The van der Waals surface area contributed by atoms with Gasteiger partial charge in [-0.05, 0) is 218 Å². The van der Waals surface area contributed by atoms with Crippen molar-refractivity contribution in [3.05, 3.63) is 135 Å². The Balaban J connectivity index is 0.832. The van der Waals surface area contributed by atoms with E-state index in [1.54, 1.807) is 72.8 Å². The van der Waals surface area contributed by atoms with E-state index in [2.05, 4.69) is 20.1 Å². The van der Waals surface area contributed by atoms with Crippen molar-refractivity contribution in [2.24, 2.45) is 23.7 Å².